The molecule has 0 aromatic carbocycles. The van der Waals surface area contributed by atoms with Gasteiger partial charge in [0.25, 0.3) is 0 Å². The number of fused-ring (bicyclic) bond motifs is 1. The van der Waals surface area contributed by atoms with Gasteiger partial charge in [0, 0.05) is 12.1 Å². The van der Waals surface area contributed by atoms with Crippen molar-refractivity contribution in [1.29, 1.82) is 0 Å². The Labute approximate surface area is 87.9 Å². The summed E-state index contributed by atoms with van der Waals surface area (Å²) in [6.07, 6.45) is 6.83. The van der Waals surface area contributed by atoms with Crippen molar-refractivity contribution in [2.24, 2.45) is 0 Å². The fourth-order valence-corrected chi connectivity index (χ4v) is 2.35. The van der Waals surface area contributed by atoms with Gasteiger partial charge in [-0.1, -0.05) is 12.8 Å². The van der Waals surface area contributed by atoms with Gasteiger partial charge in [0.1, 0.15) is 17.3 Å². The lowest BCUT2D eigenvalue weighted by atomic mass is 10.1. The maximum atomic E-state index is 5.90. The SMILES string of the molecule is Nc1nc(C2CCCC2)nc2[nH]ccc12. The van der Waals surface area contributed by atoms with E-state index in [9.17, 15) is 0 Å². The maximum absolute atomic E-state index is 5.90. The molecule has 2 aromatic rings. The first kappa shape index (κ1) is 8.71. The van der Waals surface area contributed by atoms with Crippen LogP contribution in [0.5, 0.6) is 0 Å². The molecule has 0 amide bonds. The first-order chi connectivity index (χ1) is 7.34. The zero-order chi connectivity index (χ0) is 10.3. The fraction of sp³-hybridized carbons (Fsp3) is 0.455. The third-order valence-electron chi connectivity index (χ3n) is 3.18. The Hall–Kier alpha value is -1.58. The van der Waals surface area contributed by atoms with Gasteiger partial charge < -0.3 is 10.7 Å². The normalized spacial score (nSPS) is 17.6. The van der Waals surface area contributed by atoms with E-state index in [1.807, 2.05) is 12.3 Å². The van der Waals surface area contributed by atoms with E-state index >= 15 is 0 Å². The van der Waals surface area contributed by atoms with E-state index in [0.29, 0.717) is 11.7 Å². The molecule has 0 saturated heterocycles. The van der Waals surface area contributed by atoms with E-state index in [1.54, 1.807) is 0 Å². The highest BCUT2D eigenvalue weighted by Crippen LogP contribution is 2.33. The minimum absolute atomic E-state index is 0.514. The zero-order valence-corrected chi connectivity index (χ0v) is 8.53. The van der Waals surface area contributed by atoms with Crippen molar-refractivity contribution in [3.63, 3.8) is 0 Å². The standard InChI is InChI=1S/C11H14N4/c12-9-8-5-6-13-11(8)15-10(14-9)7-3-1-2-4-7/h5-7H,1-4H2,(H3,12,13,14,15). The largest absolute Gasteiger partial charge is 0.383 e. The van der Waals surface area contributed by atoms with Gasteiger partial charge in [-0.05, 0) is 18.9 Å². The summed E-state index contributed by atoms with van der Waals surface area (Å²) >= 11 is 0. The van der Waals surface area contributed by atoms with Crippen molar-refractivity contribution >= 4 is 16.9 Å². The van der Waals surface area contributed by atoms with Gasteiger partial charge in [-0.3, -0.25) is 0 Å². The Morgan fingerprint density at radius 1 is 1.27 bits per heavy atom. The van der Waals surface area contributed by atoms with Crippen LogP contribution < -0.4 is 5.73 Å². The van der Waals surface area contributed by atoms with Gasteiger partial charge in [-0.25, -0.2) is 9.97 Å². The number of nitrogens with two attached hydrogens (primary N) is 1. The summed E-state index contributed by atoms with van der Waals surface area (Å²) < 4.78 is 0. The van der Waals surface area contributed by atoms with Crippen LogP contribution in [0.15, 0.2) is 12.3 Å². The van der Waals surface area contributed by atoms with E-state index in [4.69, 9.17) is 5.73 Å². The number of H-pyrrole nitrogens is 1. The van der Waals surface area contributed by atoms with E-state index < -0.39 is 0 Å². The van der Waals surface area contributed by atoms with Crippen LogP contribution in [0.2, 0.25) is 0 Å². The lowest BCUT2D eigenvalue weighted by Gasteiger charge is -2.08. The van der Waals surface area contributed by atoms with Crippen molar-refractivity contribution in [1.82, 2.24) is 15.0 Å². The lowest BCUT2D eigenvalue weighted by molar-refractivity contribution is 0.673. The second-order valence-electron chi connectivity index (χ2n) is 4.19. The van der Waals surface area contributed by atoms with Crippen LogP contribution >= 0.6 is 0 Å². The Morgan fingerprint density at radius 2 is 2.07 bits per heavy atom. The highest BCUT2D eigenvalue weighted by Gasteiger charge is 2.20. The first-order valence-electron chi connectivity index (χ1n) is 5.45. The minimum atomic E-state index is 0.514. The number of hydrogen-bond acceptors (Lipinski definition) is 3. The molecule has 3 N–H and O–H groups in total. The van der Waals surface area contributed by atoms with Crippen LogP contribution in [0.1, 0.15) is 37.4 Å². The molecule has 3 rings (SSSR count). The van der Waals surface area contributed by atoms with E-state index in [0.717, 1.165) is 16.9 Å². The molecular formula is C11H14N4. The molecule has 1 saturated carbocycles. The summed E-state index contributed by atoms with van der Waals surface area (Å²) in [7, 11) is 0. The second-order valence-corrected chi connectivity index (χ2v) is 4.19. The van der Waals surface area contributed by atoms with Crippen LogP contribution in [0.25, 0.3) is 11.0 Å². The van der Waals surface area contributed by atoms with Gasteiger partial charge in [0.05, 0.1) is 5.39 Å². The number of aromatic amines is 1. The highest BCUT2D eigenvalue weighted by atomic mass is 15.0. The van der Waals surface area contributed by atoms with Crippen LogP contribution in [-0.4, -0.2) is 15.0 Å². The molecule has 4 heteroatoms. The third kappa shape index (κ3) is 1.37. The van der Waals surface area contributed by atoms with Gasteiger partial charge in [-0.15, -0.1) is 0 Å². The van der Waals surface area contributed by atoms with Crippen LogP contribution in [0.4, 0.5) is 5.82 Å². The minimum Gasteiger partial charge on any atom is -0.383 e. The molecule has 78 valence electrons. The molecule has 0 spiro atoms. The van der Waals surface area contributed by atoms with Gasteiger partial charge in [-0.2, -0.15) is 0 Å². The third-order valence-corrected chi connectivity index (χ3v) is 3.18. The predicted octanol–water partition coefficient (Wildman–Crippen LogP) is 2.20. The highest BCUT2D eigenvalue weighted by molar-refractivity contribution is 5.85. The molecule has 2 heterocycles. The van der Waals surface area contributed by atoms with Gasteiger partial charge >= 0.3 is 0 Å². The quantitative estimate of drug-likeness (QED) is 0.744. The van der Waals surface area contributed by atoms with Crippen LogP contribution in [0, 0.1) is 0 Å². The first-order valence-corrected chi connectivity index (χ1v) is 5.45. The summed E-state index contributed by atoms with van der Waals surface area (Å²) in [6.45, 7) is 0. The van der Waals surface area contributed by atoms with Crippen molar-refractivity contribution in [2.45, 2.75) is 31.6 Å². The number of rotatable bonds is 1. The molecule has 4 nitrogen and oxygen atoms in total. The van der Waals surface area contributed by atoms with Crippen molar-refractivity contribution in [2.75, 3.05) is 5.73 Å². The van der Waals surface area contributed by atoms with E-state index in [2.05, 4.69) is 15.0 Å². The molecule has 0 bridgehead atoms. The van der Waals surface area contributed by atoms with Crippen LogP contribution in [0.3, 0.4) is 0 Å². The molecule has 1 fully saturated rings. The summed E-state index contributed by atoms with van der Waals surface area (Å²) in [5, 5.41) is 0.928. The molecule has 1 aliphatic rings. The zero-order valence-electron chi connectivity index (χ0n) is 8.53. The second kappa shape index (κ2) is 3.22. The average Bonchev–Trinajstić information content (AvgIpc) is 2.88. The van der Waals surface area contributed by atoms with Crippen LogP contribution in [-0.2, 0) is 0 Å². The molecule has 15 heavy (non-hydrogen) atoms. The van der Waals surface area contributed by atoms with Crippen molar-refractivity contribution < 1.29 is 0 Å². The summed E-state index contributed by atoms with van der Waals surface area (Å²) in [5.41, 5.74) is 6.76. The van der Waals surface area contributed by atoms with E-state index in [1.165, 1.54) is 25.7 Å². The van der Waals surface area contributed by atoms with E-state index in [-0.39, 0.29) is 0 Å². The van der Waals surface area contributed by atoms with Crippen molar-refractivity contribution in [3.8, 4) is 0 Å². The summed E-state index contributed by atoms with van der Waals surface area (Å²) in [6, 6.07) is 1.92. The topological polar surface area (TPSA) is 67.6 Å². The monoisotopic (exact) mass is 202 g/mol. The Kier molecular flexibility index (Phi) is 1.87. The molecule has 0 radical (unpaired) electrons. The lowest BCUT2D eigenvalue weighted by Crippen LogP contribution is -2.04. The predicted molar refractivity (Wildman–Crippen MR) is 59.5 cm³/mol. The average molecular weight is 202 g/mol. The number of anilines is 1. The Bertz CT molecular complexity index is 482. The molecule has 0 aliphatic heterocycles. The fourth-order valence-electron chi connectivity index (χ4n) is 2.35. The molecule has 0 unspecified atom stereocenters. The molecule has 2 aromatic heterocycles. The Balaban J connectivity index is 2.11. The number of nitrogens with zero attached hydrogens (tertiary/aromatic N) is 2. The van der Waals surface area contributed by atoms with Crippen molar-refractivity contribution in [3.05, 3.63) is 18.1 Å². The summed E-state index contributed by atoms with van der Waals surface area (Å²) in [4.78, 5) is 12.0. The van der Waals surface area contributed by atoms with Gasteiger partial charge in [0.2, 0.25) is 0 Å². The summed E-state index contributed by atoms with van der Waals surface area (Å²) in [5.74, 6) is 2.03. The Morgan fingerprint density at radius 3 is 2.87 bits per heavy atom. The molecule has 0 atom stereocenters. The molecule has 1 aliphatic carbocycles. The number of nitrogens with one attached hydrogen (secondary N) is 1. The number of aromatic nitrogens is 3. The number of hydrogen-bond donors (Lipinski definition) is 2. The number of nitrogen functional groups attached to an aromatic ring is 1. The molecular weight excluding hydrogens is 188 g/mol. The van der Waals surface area contributed by atoms with Gasteiger partial charge in [0.15, 0.2) is 0 Å². The maximum Gasteiger partial charge on any atom is 0.143 e. The smallest absolute Gasteiger partial charge is 0.143 e.